The second kappa shape index (κ2) is 53.9. The van der Waals surface area contributed by atoms with E-state index in [0.717, 1.165) is 70.6 Å². The summed E-state index contributed by atoms with van der Waals surface area (Å²) in [5.41, 5.74) is 5.40. The van der Waals surface area contributed by atoms with Crippen LogP contribution in [0, 0.1) is 0 Å². The third-order valence-electron chi connectivity index (χ3n) is 11.6. The summed E-state index contributed by atoms with van der Waals surface area (Å²) in [6.07, 6.45) is 69.4. The van der Waals surface area contributed by atoms with Gasteiger partial charge in [-0.2, -0.15) is 0 Å². The monoisotopic (exact) mass is 946 g/mol. The molecule has 0 saturated heterocycles. The lowest BCUT2D eigenvalue weighted by molar-refractivity contribution is -0.154. The third-order valence-corrected chi connectivity index (χ3v) is 12.6. The summed E-state index contributed by atoms with van der Waals surface area (Å²) in [5.74, 6) is -0.337. The van der Waals surface area contributed by atoms with Crippen LogP contribution in [0.4, 0.5) is 0 Å². The van der Waals surface area contributed by atoms with Gasteiger partial charge in [0.25, 0.3) is 0 Å². The first-order chi connectivity index (χ1) is 32.4. The fourth-order valence-electron chi connectivity index (χ4n) is 7.61. The van der Waals surface area contributed by atoms with Crippen LogP contribution in [0.5, 0.6) is 0 Å². The molecule has 0 bridgehead atoms. The Morgan fingerprint density at radius 3 is 1.29 bits per heavy atom. The number of unbranched alkanes of at least 4 members (excludes halogenated alkanes) is 27. The predicted molar refractivity (Wildman–Crippen MR) is 284 cm³/mol. The number of phosphoric acid groups is 1. The largest absolute Gasteiger partial charge is 0.472 e. The number of ether oxygens (including phenoxy) is 2. The van der Waals surface area contributed by atoms with Gasteiger partial charge >= 0.3 is 13.8 Å². The molecule has 0 aliphatic rings. The molecular weight excluding hydrogens is 842 g/mol. The minimum atomic E-state index is -4.29. The van der Waals surface area contributed by atoms with Crippen LogP contribution in [0.2, 0.25) is 0 Å². The average molecular weight is 946 g/mol. The van der Waals surface area contributed by atoms with E-state index in [1.165, 1.54) is 154 Å². The van der Waals surface area contributed by atoms with Gasteiger partial charge in [0.2, 0.25) is 0 Å². The standard InChI is InChI=1S/C57H104NO7P/c1-3-5-7-9-11-13-15-17-19-21-23-25-27-28-29-30-32-34-36-38-40-42-44-46-48-50-57(59)65-56(55-64-66(60,61)63-53-51-58)54-62-52-49-47-45-43-41-39-37-35-33-31-26-24-22-20-18-16-14-12-10-8-6-4-2/h5,7,11,13,17,19,22-25,28-29,56H,3-4,6,8-10,12,14-16,18,20-21,26-27,30-55,58H2,1-2H3,(H,60,61)/b7-5-,13-11-,19-17-,24-22-,25-23-,29-28-. The van der Waals surface area contributed by atoms with Gasteiger partial charge in [0, 0.05) is 19.6 Å². The van der Waals surface area contributed by atoms with Crippen molar-refractivity contribution in [3.63, 3.8) is 0 Å². The number of hydrogen-bond donors (Lipinski definition) is 2. The molecule has 3 N–H and O–H groups in total. The van der Waals surface area contributed by atoms with E-state index >= 15 is 0 Å². The maximum Gasteiger partial charge on any atom is 0.472 e. The van der Waals surface area contributed by atoms with Gasteiger partial charge in [-0.25, -0.2) is 4.57 Å². The first kappa shape index (κ1) is 63.9. The fourth-order valence-corrected chi connectivity index (χ4v) is 8.37. The van der Waals surface area contributed by atoms with Crippen LogP contribution in [0.1, 0.15) is 245 Å². The molecule has 2 atom stereocenters. The Kier molecular flexibility index (Phi) is 52.2. The summed E-state index contributed by atoms with van der Waals surface area (Å²) >= 11 is 0. The smallest absolute Gasteiger partial charge is 0.457 e. The van der Waals surface area contributed by atoms with Gasteiger partial charge in [0.15, 0.2) is 0 Å². The Labute approximate surface area is 407 Å². The van der Waals surface area contributed by atoms with E-state index in [0.29, 0.717) is 13.0 Å². The Morgan fingerprint density at radius 1 is 0.470 bits per heavy atom. The number of hydrogen-bond acceptors (Lipinski definition) is 7. The van der Waals surface area contributed by atoms with Gasteiger partial charge in [-0.15, -0.1) is 0 Å². The molecule has 0 aromatic carbocycles. The van der Waals surface area contributed by atoms with Crippen molar-refractivity contribution in [1.82, 2.24) is 0 Å². The molecule has 384 valence electrons. The molecule has 0 radical (unpaired) electrons. The van der Waals surface area contributed by atoms with Gasteiger partial charge < -0.3 is 20.1 Å². The molecule has 0 aliphatic heterocycles. The fraction of sp³-hybridized carbons (Fsp3) is 0.772. The molecule has 0 rings (SSSR count). The lowest BCUT2D eigenvalue weighted by atomic mass is 10.1. The quantitative estimate of drug-likeness (QED) is 0.0268. The van der Waals surface area contributed by atoms with Crippen molar-refractivity contribution in [2.75, 3.05) is 33.0 Å². The summed E-state index contributed by atoms with van der Waals surface area (Å²) in [6, 6.07) is 0. The summed E-state index contributed by atoms with van der Waals surface area (Å²) in [7, 11) is -4.29. The topological polar surface area (TPSA) is 117 Å². The van der Waals surface area contributed by atoms with Gasteiger partial charge in [-0.05, 0) is 83.5 Å². The summed E-state index contributed by atoms with van der Waals surface area (Å²) in [6.45, 7) is 4.82. The van der Waals surface area contributed by atoms with Crippen LogP contribution in [0.15, 0.2) is 72.9 Å². The molecule has 0 aliphatic carbocycles. The Bertz CT molecular complexity index is 1250. The van der Waals surface area contributed by atoms with Crippen molar-refractivity contribution in [1.29, 1.82) is 0 Å². The lowest BCUT2D eigenvalue weighted by Gasteiger charge is -2.20. The van der Waals surface area contributed by atoms with Crippen LogP contribution < -0.4 is 5.73 Å². The minimum Gasteiger partial charge on any atom is -0.457 e. The van der Waals surface area contributed by atoms with Gasteiger partial charge in [0.1, 0.15) is 6.10 Å². The molecule has 8 nitrogen and oxygen atoms in total. The molecule has 0 amide bonds. The highest BCUT2D eigenvalue weighted by Crippen LogP contribution is 2.43. The minimum absolute atomic E-state index is 0.0966. The average Bonchev–Trinajstić information content (AvgIpc) is 3.31. The zero-order chi connectivity index (χ0) is 48.0. The SMILES string of the molecule is CC/C=C\C/C=C\C/C=C\C/C=C\C/C=C\CCCCCCCCCCCC(=O)OC(COCCCCCCCCCCCC/C=C\CCCCCCCCCC)COP(=O)(O)OCCN. The van der Waals surface area contributed by atoms with Crippen molar-refractivity contribution in [3.8, 4) is 0 Å². The highest BCUT2D eigenvalue weighted by atomic mass is 31.2. The van der Waals surface area contributed by atoms with Crippen LogP contribution >= 0.6 is 7.82 Å². The number of carbonyl (C=O) groups is 1. The third kappa shape index (κ3) is 52.9. The van der Waals surface area contributed by atoms with Crippen LogP contribution in [0.3, 0.4) is 0 Å². The van der Waals surface area contributed by atoms with E-state index < -0.39 is 13.9 Å². The van der Waals surface area contributed by atoms with Gasteiger partial charge in [-0.3, -0.25) is 13.8 Å². The lowest BCUT2D eigenvalue weighted by Crippen LogP contribution is -2.28. The first-order valence-electron chi connectivity index (χ1n) is 27.4. The Hall–Kier alpha value is -2.06. The molecule has 0 heterocycles. The Balaban J connectivity index is 3.94. The second-order valence-electron chi connectivity index (χ2n) is 18.1. The Morgan fingerprint density at radius 2 is 0.848 bits per heavy atom. The van der Waals surface area contributed by atoms with Gasteiger partial charge in [0.05, 0.1) is 19.8 Å². The molecule has 0 aromatic rings. The van der Waals surface area contributed by atoms with E-state index in [9.17, 15) is 14.3 Å². The molecule has 0 spiro atoms. The van der Waals surface area contributed by atoms with E-state index in [1.807, 2.05) is 0 Å². The molecule has 66 heavy (non-hydrogen) atoms. The summed E-state index contributed by atoms with van der Waals surface area (Å²) in [4.78, 5) is 22.6. The molecular formula is C57H104NO7P. The van der Waals surface area contributed by atoms with Crippen LogP contribution in [0.25, 0.3) is 0 Å². The molecule has 0 saturated carbocycles. The highest BCUT2D eigenvalue weighted by Gasteiger charge is 2.25. The molecule has 9 heteroatoms. The van der Waals surface area contributed by atoms with Crippen molar-refractivity contribution < 1.29 is 32.8 Å². The van der Waals surface area contributed by atoms with E-state index in [2.05, 4.69) is 86.8 Å². The number of esters is 1. The van der Waals surface area contributed by atoms with Crippen molar-refractivity contribution >= 4 is 13.8 Å². The number of carbonyl (C=O) groups excluding carboxylic acids is 1. The maximum atomic E-state index is 12.7. The number of allylic oxidation sites excluding steroid dienone is 12. The van der Waals surface area contributed by atoms with E-state index in [1.54, 1.807) is 0 Å². The number of phosphoric ester groups is 1. The molecule has 2 unspecified atom stereocenters. The zero-order valence-electron chi connectivity index (χ0n) is 42.9. The van der Waals surface area contributed by atoms with Crippen molar-refractivity contribution in [2.24, 2.45) is 5.73 Å². The summed E-state index contributed by atoms with van der Waals surface area (Å²) < 4.78 is 33.7. The summed E-state index contributed by atoms with van der Waals surface area (Å²) in [5, 5.41) is 0. The first-order valence-corrected chi connectivity index (χ1v) is 28.9. The second-order valence-corrected chi connectivity index (χ2v) is 19.5. The molecule has 0 fully saturated rings. The van der Waals surface area contributed by atoms with Crippen molar-refractivity contribution in [2.45, 2.75) is 251 Å². The number of nitrogens with two attached hydrogens (primary N) is 1. The maximum absolute atomic E-state index is 12.7. The van der Waals surface area contributed by atoms with Gasteiger partial charge in [-0.1, -0.05) is 228 Å². The highest BCUT2D eigenvalue weighted by molar-refractivity contribution is 7.47. The van der Waals surface area contributed by atoms with Crippen LogP contribution in [-0.2, 0) is 27.9 Å². The zero-order valence-corrected chi connectivity index (χ0v) is 43.8. The van der Waals surface area contributed by atoms with E-state index in [4.69, 9.17) is 24.3 Å². The molecule has 0 aromatic heterocycles. The predicted octanol–water partition coefficient (Wildman–Crippen LogP) is 17.4. The van der Waals surface area contributed by atoms with Crippen LogP contribution in [-0.4, -0.2) is 49.9 Å². The van der Waals surface area contributed by atoms with Crippen molar-refractivity contribution in [3.05, 3.63) is 72.9 Å². The van der Waals surface area contributed by atoms with E-state index in [-0.39, 0.29) is 32.3 Å². The normalized spacial score (nSPS) is 13.8. The number of rotatable bonds is 52.